The minimum absolute atomic E-state index is 0.726. The highest BCUT2D eigenvalue weighted by atomic mass is 15.2. The Morgan fingerprint density at radius 2 is 1.88 bits per heavy atom. The first-order chi connectivity index (χ1) is 12.3. The average Bonchev–Trinajstić information content (AvgIpc) is 3.10. The predicted octanol–water partition coefficient (Wildman–Crippen LogP) is 4.00. The van der Waals surface area contributed by atoms with Gasteiger partial charge in [0.05, 0.1) is 0 Å². The van der Waals surface area contributed by atoms with Crippen LogP contribution in [0.2, 0.25) is 0 Å². The second-order valence-electron chi connectivity index (χ2n) is 7.10. The van der Waals surface area contributed by atoms with Gasteiger partial charge in [0.2, 0.25) is 0 Å². The van der Waals surface area contributed by atoms with Crippen LogP contribution in [-0.4, -0.2) is 47.0 Å². The number of pyridine rings is 1. The highest BCUT2D eigenvalue weighted by Gasteiger charge is 2.24. The molecule has 0 N–H and O–H groups in total. The summed E-state index contributed by atoms with van der Waals surface area (Å²) < 4.78 is 0. The molecule has 0 radical (unpaired) electrons. The zero-order chi connectivity index (χ0) is 17.3. The van der Waals surface area contributed by atoms with Crippen molar-refractivity contribution in [1.29, 1.82) is 0 Å². The number of likely N-dealkylation sites (tertiary alicyclic amines) is 1. The molecule has 25 heavy (non-hydrogen) atoms. The third-order valence-corrected chi connectivity index (χ3v) is 5.31. The van der Waals surface area contributed by atoms with Crippen LogP contribution in [0.4, 0.5) is 0 Å². The Hall–Kier alpha value is -1.71. The van der Waals surface area contributed by atoms with Gasteiger partial charge in [-0.1, -0.05) is 37.3 Å². The highest BCUT2D eigenvalue weighted by molar-refractivity contribution is 5.14. The molecule has 1 aromatic heterocycles. The van der Waals surface area contributed by atoms with E-state index < -0.39 is 0 Å². The zero-order valence-electron chi connectivity index (χ0n) is 15.5. The third-order valence-electron chi connectivity index (χ3n) is 5.31. The predicted molar refractivity (Wildman–Crippen MR) is 105 cm³/mol. The number of likely N-dealkylation sites (N-methyl/N-ethyl adjacent to an activating group) is 1. The number of benzene rings is 1. The first-order valence-electron chi connectivity index (χ1n) is 9.74. The summed E-state index contributed by atoms with van der Waals surface area (Å²) in [7, 11) is 0. The maximum atomic E-state index is 4.16. The Labute approximate surface area is 152 Å². The van der Waals surface area contributed by atoms with Crippen molar-refractivity contribution in [3.8, 4) is 0 Å². The van der Waals surface area contributed by atoms with Gasteiger partial charge in [0.15, 0.2) is 0 Å². The molecule has 1 unspecified atom stereocenters. The molecule has 0 amide bonds. The molecule has 1 fully saturated rings. The van der Waals surface area contributed by atoms with Gasteiger partial charge in [-0.15, -0.1) is 0 Å². The average molecular weight is 338 g/mol. The molecule has 0 aliphatic carbocycles. The lowest BCUT2D eigenvalue weighted by Gasteiger charge is -2.30. The summed E-state index contributed by atoms with van der Waals surface area (Å²) in [5.74, 6) is 0. The van der Waals surface area contributed by atoms with Crippen LogP contribution < -0.4 is 0 Å². The Morgan fingerprint density at radius 1 is 1.08 bits per heavy atom. The number of aryl methyl sites for hydroxylation is 1. The molecule has 1 aromatic carbocycles. The fourth-order valence-corrected chi connectivity index (χ4v) is 3.95. The van der Waals surface area contributed by atoms with E-state index in [4.69, 9.17) is 0 Å². The van der Waals surface area contributed by atoms with E-state index >= 15 is 0 Å². The summed E-state index contributed by atoms with van der Waals surface area (Å²) in [6, 6.07) is 15.9. The van der Waals surface area contributed by atoms with Crippen molar-refractivity contribution in [1.82, 2.24) is 14.8 Å². The third kappa shape index (κ3) is 5.65. The van der Waals surface area contributed by atoms with Gasteiger partial charge in [-0.25, -0.2) is 0 Å². The molecular formula is C22H31N3. The second kappa shape index (κ2) is 9.69. The molecule has 134 valence electrons. The van der Waals surface area contributed by atoms with E-state index in [-0.39, 0.29) is 0 Å². The second-order valence-corrected chi connectivity index (χ2v) is 7.10. The molecule has 3 nitrogen and oxygen atoms in total. The lowest BCUT2D eigenvalue weighted by molar-refractivity contribution is 0.170. The van der Waals surface area contributed by atoms with Gasteiger partial charge >= 0.3 is 0 Å². The van der Waals surface area contributed by atoms with Crippen LogP contribution in [0.3, 0.4) is 0 Å². The van der Waals surface area contributed by atoms with E-state index in [9.17, 15) is 0 Å². The molecule has 2 heterocycles. The van der Waals surface area contributed by atoms with E-state index in [1.54, 1.807) is 0 Å². The summed E-state index contributed by atoms with van der Waals surface area (Å²) in [5, 5.41) is 0. The first kappa shape index (κ1) is 18.1. The molecule has 1 atom stereocenters. The van der Waals surface area contributed by atoms with Crippen LogP contribution >= 0.6 is 0 Å². The fourth-order valence-electron chi connectivity index (χ4n) is 3.95. The van der Waals surface area contributed by atoms with Crippen molar-refractivity contribution in [2.75, 3.05) is 26.2 Å². The largest absolute Gasteiger partial charge is 0.299 e. The molecule has 0 spiro atoms. The highest BCUT2D eigenvalue weighted by Crippen LogP contribution is 2.19. The molecule has 2 aromatic rings. The minimum Gasteiger partial charge on any atom is -0.299 e. The SMILES string of the molecule is CCN1CCCC1CN(CCCc1ccccc1)Cc1ccncc1. The van der Waals surface area contributed by atoms with Crippen molar-refractivity contribution in [3.63, 3.8) is 0 Å². The lowest BCUT2D eigenvalue weighted by Crippen LogP contribution is -2.40. The Bertz CT molecular complexity index is 599. The number of rotatable bonds is 9. The monoisotopic (exact) mass is 337 g/mol. The van der Waals surface area contributed by atoms with E-state index in [1.807, 2.05) is 12.4 Å². The Balaban J connectivity index is 1.57. The van der Waals surface area contributed by atoms with Gasteiger partial charge in [0.1, 0.15) is 0 Å². The van der Waals surface area contributed by atoms with Crippen molar-refractivity contribution >= 4 is 0 Å². The summed E-state index contributed by atoms with van der Waals surface area (Å²) in [4.78, 5) is 9.46. The molecular weight excluding hydrogens is 306 g/mol. The van der Waals surface area contributed by atoms with Crippen LogP contribution in [0.15, 0.2) is 54.9 Å². The van der Waals surface area contributed by atoms with E-state index in [0.717, 1.165) is 25.6 Å². The molecule has 0 saturated carbocycles. The Morgan fingerprint density at radius 3 is 2.64 bits per heavy atom. The van der Waals surface area contributed by atoms with Crippen molar-refractivity contribution < 1.29 is 0 Å². The Kier molecular flexibility index (Phi) is 7.01. The van der Waals surface area contributed by atoms with Crippen molar-refractivity contribution in [3.05, 3.63) is 66.0 Å². The number of nitrogens with zero attached hydrogens (tertiary/aromatic N) is 3. The number of aromatic nitrogens is 1. The molecule has 1 saturated heterocycles. The van der Waals surface area contributed by atoms with Gasteiger partial charge in [-0.2, -0.15) is 0 Å². The number of hydrogen-bond acceptors (Lipinski definition) is 3. The lowest BCUT2D eigenvalue weighted by atomic mass is 10.1. The van der Waals surface area contributed by atoms with E-state index in [1.165, 1.54) is 50.0 Å². The van der Waals surface area contributed by atoms with Crippen LogP contribution in [0.25, 0.3) is 0 Å². The first-order valence-corrected chi connectivity index (χ1v) is 9.74. The maximum absolute atomic E-state index is 4.16. The van der Waals surface area contributed by atoms with Gasteiger partial charge in [-0.3, -0.25) is 14.8 Å². The number of hydrogen-bond donors (Lipinski definition) is 0. The standard InChI is InChI=1S/C22H31N3/c1-2-25-17-7-11-22(25)19-24(18-21-12-14-23-15-13-21)16-6-10-20-8-4-3-5-9-20/h3-5,8-9,12-15,22H,2,6-7,10-11,16-19H2,1H3. The zero-order valence-corrected chi connectivity index (χ0v) is 15.5. The van der Waals surface area contributed by atoms with Gasteiger partial charge < -0.3 is 0 Å². The molecule has 1 aliphatic rings. The van der Waals surface area contributed by atoms with Gasteiger partial charge in [0.25, 0.3) is 0 Å². The summed E-state index contributed by atoms with van der Waals surface area (Å²) in [6.07, 6.45) is 8.89. The summed E-state index contributed by atoms with van der Waals surface area (Å²) >= 11 is 0. The normalized spacial score (nSPS) is 18.1. The summed E-state index contributed by atoms with van der Waals surface area (Å²) in [5.41, 5.74) is 2.82. The van der Waals surface area contributed by atoms with Gasteiger partial charge in [-0.05, 0) is 68.6 Å². The molecule has 1 aliphatic heterocycles. The van der Waals surface area contributed by atoms with Crippen molar-refractivity contribution in [2.24, 2.45) is 0 Å². The molecule has 3 rings (SSSR count). The van der Waals surface area contributed by atoms with Crippen LogP contribution in [-0.2, 0) is 13.0 Å². The van der Waals surface area contributed by atoms with Crippen molar-refractivity contribution in [2.45, 2.75) is 45.2 Å². The summed E-state index contributed by atoms with van der Waals surface area (Å²) in [6.45, 7) is 8.12. The quantitative estimate of drug-likeness (QED) is 0.689. The fraction of sp³-hybridized carbons (Fsp3) is 0.500. The minimum atomic E-state index is 0.726. The van der Waals surface area contributed by atoms with E-state index in [2.05, 4.69) is 64.2 Å². The maximum Gasteiger partial charge on any atom is 0.0271 e. The molecule has 3 heteroatoms. The van der Waals surface area contributed by atoms with Crippen LogP contribution in [0, 0.1) is 0 Å². The molecule has 0 bridgehead atoms. The smallest absolute Gasteiger partial charge is 0.0271 e. The van der Waals surface area contributed by atoms with Crippen LogP contribution in [0.1, 0.15) is 37.3 Å². The van der Waals surface area contributed by atoms with Crippen LogP contribution in [0.5, 0.6) is 0 Å². The van der Waals surface area contributed by atoms with Gasteiger partial charge in [0, 0.05) is 31.5 Å². The van der Waals surface area contributed by atoms with E-state index in [0.29, 0.717) is 0 Å². The topological polar surface area (TPSA) is 19.4 Å².